The van der Waals surface area contributed by atoms with E-state index >= 15 is 0 Å². The molecule has 0 fully saturated rings. The Kier molecular flexibility index (Phi) is 6.59. The molecule has 0 bridgehead atoms. The largest absolute Gasteiger partial charge is 0.338 e. The molecule has 0 aromatic heterocycles. The Morgan fingerprint density at radius 2 is 1.62 bits per heavy atom. The van der Waals surface area contributed by atoms with E-state index in [1.54, 1.807) is 25.1 Å². The number of urea groups is 1. The molecule has 138 valence electrons. The van der Waals surface area contributed by atoms with E-state index in [1.807, 2.05) is 0 Å². The third-order valence-electron chi connectivity index (χ3n) is 3.24. The van der Waals surface area contributed by atoms with Crippen LogP contribution in [0.2, 0.25) is 5.02 Å². The van der Waals surface area contributed by atoms with Gasteiger partial charge in [-0.25, -0.2) is 13.2 Å². The molecule has 3 N–H and O–H groups in total. The second kappa shape index (κ2) is 8.68. The Balaban J connectivity index is 2.03. The van der Waals surface area contributed by atoms with Crippen LogP contribution >= 0.6 is 11.6 Å². The summed E-state index contributed by atoms with van der Waals surface area (Å²) in [6, 6.07) is 11.6. The summed E-state index contributed by atoms with van der Waals surface area (Å²) in [7, 11) is -3.78. The minimum absolute atomic E-state index is 0.0173. The summed E-state index contributed by atoms with van der Waals surface area (Å²) < 4.78 is 24.5. The lowest BCUT2D eigenvalue weighted by molar-refractivity contribution is -0.113. The highest BCUT2D eigenvalue weighted by atomic mass is 35.5. The van der Waals surface area contributed by atoms with Gasteiger partial charge in [0.2, 0.25) is 5.91 Å². The van der Waals surface area contributed by atoms with Gasteiger partial charge >= 0.3 is 6.03 Å². The number of carbonyl (C=O) groups is 2. The Labute approximate surface area is 156 Å². The molecule has 0 heterocycles. The third-order valence-corrected chi connectivity index (χ3v) is 5.12. The molecule has 0 saturated heterocycles. The molecule has 0 radical (unpaired) electrons. The minimum Gasteiger partial charge on any atom is -0.338 e. The quantitative estimate of drug-likeness (QED) is 0.699. The summed E-state index contributed by atoms with van der Waals surface area (Å²) >= 11 is 5.74. The Bertz CT molecular complexity index is 898. The molecule has 0 saturated carbocycles. The number of carbonyl (C=O) groups excluding carboxylic acids is 2. The van der Waals surface area contributed by atoms with Crippen LogP contribution in [0.1, 0.15) is 6.92 Å². The summed E-state index contributed by atoms with van der Waals surface area (Å²) in [4.78, 5) is 23.6. The molecule has 26 heavy (non-hydrogen) atoms. The van der Waals surface area contributed by atoms with Crippen molar-refractivity contribution in [2.75, 3.05) is 22.9 Å². The van der Waals surface area contributed by atoms with Crippen molar-refractivity contribution in [2.24, 2.45) is 0 Å². The van der Waals surface area contributed by atoms with E-state index in [9.17, 15) is 18.0 Å². The molecule has 2 rings (SSSR count). The maximum Gasteiger partial charge on any atom is 0.319 e. The van der Waals surface area contributed by atoms with Crippen LogP contribution in [0.3, 0.4) is 0 Å². The van der Waals surface area contributed by atoms with Crippen LogP contribution in [0.5, 0.6) is 0 Å². The van der Waals surface area contributed by atoms with Gasteiger partial charge in [0.1, 0.15) is 5.75 Å². The minimum atomic E-state index is -3.78. The smallest absolute Gasteiger partial charge is 0.319 e. The van der Waals surface area contributed by atoms with E-state index in [4.69, 9.17) is 11.6 Å². The van der Waals surface area contributed by atoms with Crippen LogP contribution in [0.25, 0.3) is 0 Å². The van der Waals surface area contributed by atoms with Gasteiger partial charge in [0, 0.05) is 22.9 Å². The molecule has 0 aliphatic rings. The van der Waals surface area contributed by atoms with E-state index in [0.717, 1.165) is 0 Å². The SMILES string of the molecule is CCNC(=O)Nc1cccc(NC(=O)CS(=O)(=O)c2ccc(Cl)cc2)c1. The van der Waals surface area contributed by atoms with Crippen molar-refractivity contribution in [2.45, 2.75) is 11.8 Å². The molecule has 0 aliphatic carbocycles. The van der Waals surface area contributed by atoms with Gasteiger partial charge in [-0.15, -0.1) is 0 Å². The fourth-order valence-corrected chi connectivity index (χ4v) is 3.37. The Hall–Kier alpha value is -2.58. The van der Waals surface area contributed by atoms with E-state index in [-0.39, 0.29) is 10.9 Å². The highest BCUT2D eigenvalue weighted by Gasteiger charge is 2.19. The number of hydrogen-bond donors (Lipinski definition) is 3. The zero-order chi connectivity index (χ0) is 19.2. The topological polar surface area (TPSA) is 104 Å². The lowest BCUT2D eigenvalue weighted by Crippen LogP contribution is -2.28. The van der Waals surface area contributed by atoms with Gasteiger partial charge < -0.3 is 16.0 Å². The van der Waals surface area contributed by atoms with Crippen molar-refractivity contribution in [3.63, 3.8) is 0 Å². The number of hydrogen-bond acceptors (Lipinski definition) is 4. The van der Waals surface area contributed by atoms with Gasteiger partial charge in [-0.1, -0.05) is 17.7 Å². The lowest BCUT2D eigenvalue weighted by Gasteiger charge is -2.09. The van der Waals surface area contributed by atoms with Gasteiger partial charge in [0.25, 0.3) is 0 Å². The zero-order valence-corrected chi connectivity index (χ0v) is 15.5. The van der Waals surface area contributed by atoms with E-state index < -0.39 is 21.5 Å². The first kappa shape index (κ1) is 19.7. The Morgan fingerprint density at radius 1 is 1.00 bits per heavy atom. The first-order chi connectivity index (χ1) is 12.3. The van der Waals surface area contributed by atoms with Crippen molar-refractivity contribution in [3.05, 3.63) is 53.6 Å². The summed E-state index contributed by atoms with van der Waals surface area (Å²) in [5, 5.41) is 8.10. The van der Waals surface area contributed by atoms with Gasteiger partial charge in [-0.3, -0.25) is 4.79 Å². The molecule has 7 nitrogen and oxygen atoms in total. The summed E-state index contributed by atoms with van der Waals surface area (Å²) in [6.45, 7) is 2.27. The number of halogens is 1. The number of amides is 3. The molecule has 0 atom stereocenters. The molecule has 2 aromatic carbocycles. The molecule has 0 unspecified atom stereocenters. The third kappa shape index (κ3) is 5.75. The first-order valence-corrected chi connectivity index (χ1v) is 9.76. The zero-order valence-electron chi connectivity index (χ0n) is 14.0. The molecule has 9 heteroatoms. The standard InChI is InChI=1S/C17H18ClN3O4S/c1-2-19-17(23)21-14-5-3-4-13(10-14)20-16(22)11-26(24,25)15-8-6-12(18)7-9-15/h3-10H,2,11H2,1H3,(H,20,22)(H2,19,21,23). The van der Waals surface area contributed by atoms with Crippen LogP contribution < -0.4 is 16.0 Å². The predicted octanol–water partition coefficient (Wildman–Crippen LogP) is 2.89. The number of benzene rings is 2. The molecule has 3 amide bonds. The number of sulfone groups is 1. The molecule has 2 aromatic rings. The first-order valence-electron chi connectivity index (χ1n) is 7.73. The lowest BCUT2D eigenvalue weighted by atomic mass is 10.3. The van der Waals surface area contributed by atoms with Gasteiger partial charge in [0.15, 0.2) is 9.84 Å². The maximum atomic E-state index is 12.3. The fourth-order valence-electron chi connectivity index (χ4n) is 2.11. The second-order valence-electron chi connectivity index (χ2n) is 5.33. The second-order valence-corrected chi connectivity index (χ2v) is 7.75. The van der Waals surface area contributed by atoms with Crippen LogP contribution in [-0.4, -0.2) is 32.7 Å². The van der Waals surface area contributed by atoms with Crippen molar-refractivity contribution < 1.29 is 18.0 Å². The number of nitrogens with one attached hydrogen (secondary N) is 3. The average molecular weight is 396 g/mol. The van der Waals surface area contributed by atoms with Crippen LogP contribution in [0, 0.1) is 0 Å². The summed E-state index contributed by atoms with van der Waals surface area (Å²) in [6.07, 6.45) is 0. The average Bonchev–Trinajstić information content (AvgIpc) is 2.55. The van der Waals surface area contributed by atoms with E-state index in [0.29, 0.717) is 22.9 Å². The number of anilines is 2. The van der Waals surface area contributed by atoms with Crippen molar-refractivity contribution in [1.29, 1.82) is 0 Å². The van der Waals surface area contributed by atoms with Crippen LogP contribution in [0.4, 0.5) is 16.2 Å². The normalized spacial score (nSPS) is 10.8. The van der Waals surface area contributed by atoms with Gasteiger partial charge in [-0.2, -0.15) is 0 Å². The van der Waals surface area contributed by atoms with E-state index in [2.05, 4.69) is 16.0 Å². The van der Waals surface area contributed by atoms with Crippen molar-refractivity contribution in [3.8, 4) is 0 Å². The monoisotopic (exact) mass is 395 g/mol. The highest BCUT2D eigenvalue weighted by molar-refractivity contribution is 7.92. The molecular formula is C17H18ClN3O4S. The maximum absolute atomic E-state index is 12.3. The molecular weight excluding hydrogens is 378 g/mol. The molecule has 0 aliphatic heterocycles. The van der Waals surface area contributed by atoms with Gasteiger partial charge in [-0.05, 0) is 49.4 Å². The van der Waals surface area contributed by atoms with E-state index in [1.165, 1.54) is 30.3 Å². The fraction of sp³-hybridized carbons (Fsp3) is 0.176. The highest BCUT2D eigenvalue weighted by Crippen LogP contribution is 2.17. The van der Waals surface area contributed by atoms with Crippen LogP contribution in [0.15, 0.2) is 53.4 Å². The van der Waals surface area contributed by atoms with Crippen molar-refractivity contribution in [1.82, 2.24) is 5.32 Å². The van der Waals surface area contributed by atoms with Crippen LogP contribution in [-0.2, 0) is 14.6 Å². The number of rotatable bonds is 6. The van der Waals surface area contributed by atoms with Crippen molar-refractivity contribution >= 4 is 44.8 Å². The Morgan fingerprint density at radius 3 is 2.23 bits per heavy atom. The van der Waals surface area contributed by atoms with Gasteiger partial charge in [0.05, 0.1) is 4.90 Å². The molecule has 0 spiro atoms. The summed E-state index contributed by atoms with van der Waals surface area (Å²) in [5.74, 6) is -1.39. The summed E-state index contributed by atoms with van der Waals surface area (Å²) in [5.41, 5.74) is 0.838. The predicted molar refractivity (Wildman–Crippen MR) is 101 cm³/mol.